The molecule has 0 bridgehead atoms. The number of halogens is 4. The zero-order chi connectivity index (χ0) is 22.2. The maximum absolute atomic E-state index is 13.3. The minimum absolute atomic E-state index is 0.148. The summed E-state index contributed by atoms with van der Waals surface area (Å²) in [5.74, 6) is 0.146. The van der Waals surface area contributed by atoms with Crippen LogP contribution < -0.4 is 5.32 Å². The lowest BCUT2D eigenvalue weighted by atomic mass is 10.1. The number of hydrogen-bond donors (Lipinski definition) is 1. The molecule has 1 heterocycles. The van der Waals surface area contributed by atoms with E-state index in [-0.39, 0.29) is 17.6 Å². The first-order valence-electron chi connectivity index (χ1n) is 9.59. The molecule has 0 radical (unpaired) electrons. The van der Waals surface area contributed by atoms with Crippen LogP contribution in [0.1, 0.15) is 25.3 Å². The fourth-order valence-corrected chi connectivity index (χ4v) is 4.07. The highest BCUT2D eigenvalue weighted by Crippen LogP contribution is 2.36. The van der Waals surface area contributed by atoms with Crippen LogP contribution in [0.5, 0.6) is 0 Å². The van der Waals surface area contributed by atoms with Gasteiger partial charge in [-0.3, -0.25) is 9.36 Å². The summed E-state index contributed by atoms with van der Waals surface area (Å²) in [5, 5.41) is 11.5. The molecule has 4 rings (SSSR count). The molecule has 1 unspecified atom stereocenters. The van der Waals surface area contributed by atoms with E-state index in [2.05, 4.69) is 15.5 Å². The average molecular weight is 467 g/mol. The number of thioether (sulfide) groups is 1. The molecule has 1 N–H and O–H groups in total. The van der Waals surface area contributed by atoms with Crippen molar-refractivity contribution < 1.29 is 18.0 Å². The first kappa shape index (κ1) is 21.7. The molecule has 1 amide bonds. The Morgan fingerprint density at radius 1 is 1.19 bits per heavy atom. The van der Waals surface area contributed by atoms with Crippen molar-refractivity contribution in [3.63, 3.8) is 0 Å². The highest BCUT2D eigenvalue weighted by molar-refractivity contribution is 8.00. The number of rotatable bonds is 6. The molecule has 162 valence electrons. The van der Waals surface area contributed by atoms with E-state index in [4.69, 9.17) is 11.6 Å². The van der Waals surface area contributed by atoms with Crippen LogP contribution in [-0.4, -0.2) is 32.0 Å². The van der Waals surface area contributed by atoms with Crippen molar-refractivity contribution in [1.29, 1.82) is 0 Å². The zero-order valence-corrected chi connectivity index (χ0v) is 17.9. The molecule has 2 aromatic carbocycles. The predicted octanol–water partition coefficient (Wildman–Crippen LogP) is 5.37. The van der Waals surface area contributed by atoms with Gasteiger partial charge in [-0.05, 0) is 50.1 Å². The number of amides is 1. The highest BCUT2D eigenvalue weighted by Gasteiger charge is 2.32. The number of carbonyl (C=O) groups excluding carboxylic acids is 1. The van der Waals surface area contributed by atoms with Crippen molar-refractivity contribution in [2.75, 3.05) is 0 Å². The van der Waals surface area contributed by atoms with E-state index in [0.717, 1.165) is 36.7 Å². The van der Waals surface area contributed by atoms with Gasteiger partial charge >= 0.3 is 6.18 Å². The van der Waals surface area contributed by atoms with Crippen molar-refractivity contribution in [2.45, 2.75) is 42.4 Å². The number of nitrogens with zero attached hydrogens (tertiary/aromatic N) is 3. The predicted molar refractivity (Wildman–Crippen MR) is 113 cm³/mol. The Balaban J connectivity index is 1.77. The topological polar surface area (TPSA) is 59.8 Å². The number of nitrogens with one attached hydrogen (secondary N) is 1. The highest BCUT2D eigenvalue weighted by atomic mass is 35.5. The fraction of sp³-hybridized carbons (Fsp3) is 0.286. The van der Waals surface area contributed by atoms with Crippen molar-refractivity contribution in [2.24, 2.45) is 0 Å². The van der Waals surface area contributed by atoms with E-state index in [9.17, 15) is 18.0 Å². The monoisotopic (exact) mass is 466 g/mol. The van der Waals surface area contributed by atoms with Gasteiger partial charge in [0, 0.05) is 11.6 Å². The van der Waals surface area contributed by atoms with Gasteiger partial charge in [0.25, 0.3) is 0 Å². The van der Waals surface area contributed by atoms with Crippen LogP contribution >= 0.6 is 23.4 Å². The largest absolute Gasteiger partial charge is 0.416 e. The summed E-state index contributed by atoms with van der Waals surface area (Å²) in [6, 6.07) is 12.0. The van der Waals surface area contributed by atoms with Gasteiger partial charge < -0.3 is 5.32 Å². The summed E-state index contributed by atoms with van der Waals surface area (Å²) in [6.07, 6.45) is -2.58. The Kier molecular flexibility index (Phi) is 5.98. The van der Waals surface area contributed by atoms with E-state index in [0.29, 0.717) is 21.6 Å². The van der Waals surface area contributed by atoms with E-state index in [1.807, 2.05) is 0 Å². The molecule has 5 nitrogen and oxygen atoms in total. The number of aromatic nitrogens is 3. The average Bonchev–Trinajstić information content (AvgIpc) is 3.45. The molecule has 1 atom stereocenters. The molecule has 0 spiro atoms. The lowest BCUT2D eigenvalue weighted by molar-refractivity contribution is -0.137. The smallest absolute Gasteiger partial charge is 0.352 e. The molecule has 1 aliphatic carbocycles. The number of alkyl halides is 3. The Hall–Kier alpha value is -2.52. The molecule has 1 aromatic heterocycles. The van der Waals surface area contributed by atoms with Crippen molar-refractivity contribution in [1.82, 2.24) is 20.1 Å². The summed E-state index contributed by atoms with van der Waals surface area (Å²) in [7, 11) is 0. The molecule has 1 fully saturated rings. The van der Waals surface area contributed by atoms with Crippen LogP contribution in [0.15, 0.2) is 53.7 Å². The lowest BCUT2D eigenvalue weighted by Crippen LogP contribution is -2.32. The molecule has 31 heavy (non-hydrogen) atoms. The molecule has 10 heteroatoms. The molecule has 1 aliphatic rings. The maximum Gasteiger partial charge on any atom is 0.416 e. The van der Waals surface area contributed by atoms with Crippen molar-refractivity contribution in [3.05, 3.63) is 59.1 Å². The Labute approximate surface area is 186 Å². The summed E-state index contributed by atoms with van der Waals surface area (Å²) < 4.78 is 41.5. The normalized spacial score (nSPS) is 15.0. The minimum atomic E-state index is -4.50. The van der Waals surface area contributed by atoms with E-state index in [1.165, 1.54) is 16.7 Å². The minimum Gasteiger partial charge on any atom is -0.352 e. The summed E-state index contributed by atoms with van der Waals surface area (Å²) in [5.41, 5.74) is -0.0395. The van der Waals surface area contributed by atoms with Crippen LogP contribution in [0, 0.1) is 0 Å². The molecule has 1 saturated carbocycles. The standard InChI is InChI=1S/C21H18ClF3N4OS/c1-12(19(30)26-14-9-10-14)31-20-28-27-18(16-7-2-3-8-17(16)22)29(20)15-6-4-5-13(11-15)21(23,24)25/h2-8,11-12,14H,9-10H2,1H3,(H,26,30). The van der Waals surface area contributed by atoms with Gasteiger partial charge in [-0.25, -0.2) is 0 Å². The lowest BCUT2D eigenvalue weighted by Gasteiger charge is -2.15. The Bertz CT molecular complexity index is 1110. The van der Waals surface area contributed by atoms with Gasteiger partial charge in [-0.2, -0.15) is 13.2 Å². The maximum atomic E-state index is 13.3. The van der Waals surface area contributed by atoms with Crippen LogP contribution in [0.25, 0.3) is 17.1 Å². The zero-order valence-electron chi connectivity index (χ0n) is 16.4. The summed E-state index contributed by atoms with van der Waals surface area (Å²) in [6.45, 7) is 1.72. The number of carbonyl (C=O) groups is 1. The van der Waals surface area contributed by atoms with E-state index < -0.39 is 17.0 Å². The first-order chi connectivity index (χ1) is 14.7. The van der Waals surface area contributed by atoms with Gasteiger partial charge in [0.05, 0.1) is 21.5 Å². The van der Waals surface area contributed by atoms with Gasteiger partial charge in [0.1, 0.15) is 0 Å². The fourth-order valence-electron chi connectivity index (χ4n) is 2.98. The quantitative estimate of drug-likeness (QED) is 0.496. The van der Waals surface area contributed by atoms with Gasteiger partial charge in [0.15, 0.2) is 11.0 Å². The molecule has 3 aromatic rings. The van der Waals surface area contributed by atoms with Crippen molar-refractivity contribution >= 4 is 29.3 Å². The van der Waals surface area contributed by atoms with E-state index >= 15 is 0 Å². The van der Waals surface area contributed by atoms with Crippen LogP contribution in [0.3, 0.4) is 0 Å². The molecule has 0 saturated heterocycles. The second-order valence-electron chi connectivity index (χ2n) is 7.21. The Morgan fingerprint density at radius 3 is 2.61 bits per heavy atom. The third-order valence-corrected chi connectivity index (χ3v) is 6.13. The second kappa shape index (κ2) is 8.55. The van der Waals surface area contributed by atoms with Crippen LogP contribution in [0.2, 0.25) is 5.02 Å². The van der Waals surface area contributed by atoms with E-state index in [1.54, 1.807) is 31.2 Å². The third-order valence-electron chi connectivity index (χ3n) is 4.75. The summed E-state index contributed by atoms with van der Waals surface area (Å²) in [4.78, 5) is 12.4. The first-order valence-corrected chi connectivity index (χ1v) is 10.8. The summed E-state index contributed by atoms with van der Waals surface area (Å²) >= 11 is 7.45. The second-order valence-corrected chi connectivity index (χ2v) is 8.93. The number of benzene rings is 2. The van der Waals surface area contributed by atoms with Crippen LogP contribution in [0.4, 0.5) is 13.2 Å². The number of hydrogen-bond acceptors (Lipinski definition) is 4. The SMILES string of the molecule is CC(Sc1nnc(-c2ccccc2Cl)n1-c1cccc(C(F)(F)F)c1)C(=O)NC1CC1. The van der Waals surface area contributed by atoms with Gasteiger partial charge in [-0.15, -0.1) is 10.2 Å². The van der Waals surface area contributed by atoms with Crippen LogP contribution in [-0.2, 0) is 11.0 Å². The van der Waals surface area contributed by atoms with Crippen molar-refractivity contribution in [3.8, 4) is 17.1 Å². The molecule has 0 aliphatic heterocycles. The molecular weight excluding hydrogens is 449 g/mol. The molecular formula is C21H18ClF3N4OS. The van der Waals surface area contributed by atoms with Gasteiger partial charge in [-0.1, -0.05) is 41.6 Å². The third kappa shape index (κ3) is 4.88. The van der Waals surface area contributed by atoms with Gasteiger partial charge in [0.2, 0.25) is 5.91 Å². The Morgan fingerprint density at radius 2 is 1.94 bits per heavy atom.